The molecular formula is C22H23ClF3N3O2. The van der Waals surface area contributed by atoms with Crippen LogP contribution in [0.2, 0.25) is 5.02 Å². The van der Waals surface area contributed by atoms with Gasteiger partial charge in [0.05, 0.1) is 6.61 Å². The number of benzene rings is 1. The number of hydrogen-bond acceptors (Lipinski definition) is 4. The third kappa shape index (κ3) is 5.47. The number of carbonyl (C=O) groups excluding carboxylic acids is 1. The molecule has 2 aliphatic rings. The molecular weight excluding hydrogens is 431 g/mol. The molecule has 1 heterocycles. The summed E-state index contributed by atoms with van der Waals surface area (Å²) in [6.45, 7) is 2.53. The van der Waals surface area contributed by atoms with Gasteiger partial charge in [-0.15, -0.1) is 0 Å². The number of hydrogen-bond donors (Lipinski definition) is 1. The SMILES string of the molecule is CC(CNC(=O)c1nc(-c2ccc(Cl)cc2)c(OCC2CC2)nc1C(F)(F)F)C1CC1. The van der Waals surface area contributed by atoms with E-state index < -0.39 is 23.5 Å². The second-order valence-corrected chi connectivity index (χ2v) is 8.79. The Morgan fingerprint density at radius 3 is 2.45 bits per heavy atom. The van der Waals surface area contributed by atoms with Crippen LogP contribution in [0.3, 0.4) is 0 Å². The van der Waals surface area contributed by atoms with Crippen molar-refractivity contribution in [2.75, 3.05) is 13.2 Å². The molecule has 4 rings (SSSR count). The summed E-state index contributed by atoms with van der Waals surface area (Å²) in [5, 5.41) is 3.07. The molecule has 9 heteroatoms. The standard InChI is InChI=1S/C22H23ClF3N3O2/c1-12(14-4-5-14)10-27-20(30)18-19(22(24,25)26)29-21(31-11-13-2-3-13)17(28-18)15-6-8-16(23)9-7-15/h6-9,12-14H,2-5,10-11H2,1H3,(H,27,30). The Bertz CT molecular complexity index is 958. The Labute approximate surface area is 183 Å². The molecule has 2 aromatic rings. The van der Waals surface area contributed by atoms with Crippen molar-refractivity contribution in [1.82, 2.24) is 15.3 Å². The van der Waals surface area contributed by atoms with E-state index in [0.717, 1.165) is 25.7 Å². The fraction of sp³-hybridized carbons (Fsp3) is 0.500. The van der Waals surface area contributed by atoms with Crippen LogP contribution in [0.15, 0.2) is 24.3 Å². The lowest BCUT2D eigenvalue weighted by atomic mass is 10.1. The van der Waals surface area contributed by atoms with Crippen LogP contribution in [-0.2, 0) is 6.18 Å². The summed E-state index contributed by atoms with van der Waals surface area (Å²) in [4.78, 5) is 20.6. The first-order chi connectivity index (χ1) is 14.7. The van der Waals surface area contributed by atoms with Gasteiger partial charge in [-0.2, -0.15) is 13.2 Å². The summed E-state index contributed by atoms with van der Waals surface area (Å²) in [5.74, 6) is -0.110. The molecule has 5 nitrogen and oxygen atoms in total. The van der Waals surface area contributed by atoms with Crippen molar-refractivity contribution in [2.45, 2.75) is 38.8 Å². The van der Waals surface area contributed by atoms with E-state index in [9.17, 15) is 18.0 Å². The van der Waals surface area contributed by atoms with E-state index >= 15 is 0 Å². The predicted molar refractivity (Wildman–Crippen MR) is 110 cm³/mol. The minimum absolute atomic E-state index is 0.0886. The molecule has 1 atom stereocenters. The summed E-state index contributed by atoms with van der Waals surface area (Å²) < 4.78 is 46.9. The van der Waals surface area contributed by atoms with Crippen LogP contribution in [0.4, 0.5) is 13.2 Å². The Hall–Kier alpha value is -2.35. The second kappa shape index (κ2) is 8.65. The van der Waals surface area contributed by atoms with Gasteiger partial charge in [-0.05, 0) is 55.6 Å². The van der Waals surface area contributed by atoms with E-state index in [0.29, 0.717) is 29.0 Å². The van der Waals surface area contributed by atoms with Crippen molar-refractivity contribution in [3.05, 3.63) is 40.7 Å². The molecule has 1 unspecified atom stereocenters. The average molecular weight is 454 g/mol. The highest BCUT2D eigenvalue weighted by Gasteiger charge is 2.40. The number of alkyl halides is 3. The molecule has 1 aromatic heterocycles. The molecule has 31 heavy (non-hydrogen) atoms. The highest BCUT2D eigenvalue weighted by molar-refractivity contribution is 6.30. The van der Waals surface area contributed by atoms with Gasteiger partial charge in [0.2, 0.25) is 5.88 Å². The van der Waals surface area contributed by atoms with E-state index in [1.165, 1.54) is 0 Å². The van der Waals surface area contributed by atoms with Crippen LogP contribution in [-0.4, -0.2) is 29.0 Å². The predicted octanol–water partition coefficient (Wildman–Crippen LogP) is 5.38. The van der Waals surface area contributed by atoms with E-state index in [1.807, 2.05) is 6.92 Å². The zero-order valence-electron chi connectivity index (χ0n) is 17.0. The zero-order chi connectivity index (χ0) is 22.2. The fourth-order valence-electron chi connectivity index (χ4n) is 3.32. The van der Waals surface area contributed by atoms with Crippen molar-refractivity contribution in [1.29, 1.82) is 0 Å². The Kier molecular flexibility index (Phi) is 6.10. The average Bonchev–Trinajstić information content (AvgIpc) is 3.63. The number of carbonyl (C=O) groups is 1. The van der Waals surface area contributed by atoms with Gasteiger partial charge < -0.3 is 10.1 Å². The molecule has 0 radical (unpaired) electrons. The van der Waals surface area contributed by atoms with Gasteiger partial charge in [0.25, 0.3) is 5.91 Å². The van der Waals surface area contributed by atoms with Gasteiger partial charge in [0.1, 0.15) is 5.69 Å². The number of nitrogens with one attached hydrogen (secondary N) is 1. The monoisotopic (exact) mass is 453 g/mol. The summed E-state index contributed by atoms with van der Waals surface area (Å²) in [5.41, 5.74) is -1.53. The first-order valence-corrected chi connectivity index (χ1v) is 10.8. The smallest absolute Gasteiger partial charge is 0.435 e. The lowest BCUT2D eigenvalue weighted by Crippen LogP contribution is -2.32. The van der Waals surface area contributed by atoms with Crippen LogP contribution >= 0.6 is 11.6 Å². The van der Waals surface area contributed by atoms with E-state index in [2.05, 4.69) is 15.3 Å². The lowest BCUT2D eigenvalue weighted by molar-refractivity contribution is -0.142. The van der Waals surface area contributed by atoms with Crippen LogP contribution in [0.1, 0.15) is 48.8 Å². The largest absolute Gasteiger partial charge is 0.476 e. The van der Waals surface area contributed by atoms with E-state index in [4.69, 9.17) is 16.3 Å². The third-order valence-electron chi connectivity index (χ3n) is 5.63. The summed E-state index contributed by atoms with van der Waals surface area (Å²) in [6, 6.07) is 6.41. The van der Waals surface area contributed by atoms with Gasteiger partial charge in [0.15, 0.2) is 11.4 Å². The summed E-state index contributed by atoms with van der Waals surface area (Å²) in [6.07, 6.45) is -0.750. The molecule has 1 amide bonds. The van der Waals surface area contributed by atoms with Crippen LogP contribution in [0.5, 0.6) is 5.88 Å². The van der Waals surface area contributed by atoms with Crippen molar-refractivity contribution in [3.63, 3.8) is 0 Å². The van der Waals surface area contributed by atoms with Crippen molar-refractivity contribution in [3.8, 4) is 17.1 Å². The quantitative estimate of drug-likeness (QED) is 0.582. The minimum atomic E-state index is -4.85. The highest BCUT2D eigenvalue weighted by atomic mass is 35.5. The molecule has 0 saturated heterocycles. The number of rotatable bonds is 8. The summed E-state index contributed by atoms with van der Waals surface area (Å²) >= 11 is 5.94. The van der Waals surface area contributed by atoms with Crippen LogP contribution in [0, 0.1) is 17.8 Å². The maximum atomic E-state index is 13.8. The number of halogens is 4. The number of nitrogens with zero attached hydrogens (tertiary/aromatic N) is 2. The molecule has 2 aliphatic carbocycles. The molecule has 2 fully saturated rings. The second-order valence-electron chi connectivity index (χ2n) is 8.36. The van der Waals surface area contributed by atoms with Gasteiger partial charge in [-0.25, -0.2) is 9.97 Å². The molecule has 0 bridgehead atoms. The maximum absolute atomic E-state index is 13.8. The number of aromatic nitrogens is 2. The third-order valence-corrected chi connectivity index (χ3v) is 5.88. The molecule has 2 saturated carbocycles. The Morgan fingerprint density at radius 2 is 1.87 bits per heavy atom. The first kappa shape index (κ1) is 21.9. The van der Waals surface area contributed by atoms with Crippen molar-refractivity contribution in [2.24, 2.45) is 17.8 Å². The normalized spacial score (nSPS) is 17.3. The van der Waals surface area contributed by atoms with Crippen molar-refractivity contribution < 1.29 is 22.7 Å². The topological polar surface area (TPSA) is 64.1 Å². The summed E-state index contributed by atoms with van der Waals surface area (Å²) in [7, 11) is 0. The number of ether oxygens (including phenoxy) is 1. The van der Waals surface area contributed by atoms with Gasteiger partial charge in [0, 0.05) is 17.1 Å². The lowest BCUT2D eigenvalue weighted by Gasteiger charge is -2.17. The fourth-order valence-corrected chi connectivity index (χ4v) is 3.45. The molecule has 1 aromatic carbocycles. The highest BCUT2D eigenvalue weighted by Crippen LogP contribution is 2.38. The zero-order valence-corrected chi connectivity index (χ0v) is 17.8. The minimum Gasteiger partial charge on any atom is -0.476 e. The molecule has 0 spiro atoms. The number of amides is 1. The van der Waals surface area contributed by atoms with Gasteiger partial charge in [-0.1, -0.05) is 30.7 Å². The van der Waals surface area contributed by atoms with E-state index in [1.54, 1.807) is 24.3 Å². The van der Waals surface area contributed by atoms with Crippen molar-refractivity contribution >= 4 is 17.5 Å². The molecule has 166 valence electrons. The van der Waals surface area contributed by atoms with Gasteiger partial charge >= 0.3 is 6.18 Å². The Balaban J connectivity index is 1.70. The van der Waals surface area contributed by atoms with Crippen LogP contribution in [0.25, 0.3) is 11.3 Å². The molecule has 0 aliphatic heterocycles. The van der Waals surface area contributed by atoms with Gasteiger partial charge in [-0.3, -0.25) is 4.79 Å². The Morgan fingerprint density at radius 1 is 1.19 bits per heavy atom. The van der Waals surface area contributed by atoms with Crippen LogP contribution < -0.4 is 10.1 Å². The molecule has 1 N–H and O–H groups in total. The maximum Gasteiger partial charge on any atom is 0.435 e. The first-order valence-electron chi connectivity index (χ1n) is 10.4. The van der Waals surface area contributed by atoms with E-state index in [-0.39, 0.29) is 24.1 Å².